The van der Waals surface area contributed by atoms with Gasteiger partial charge in [0.2, 0.25) is 0 Å². The molecule has 0 atom stereocenters. The van der Waals surface area contributed by atoms with Crippen LogP contribution in [-0.2, 0) is 13.0 Å². The smallest absolute Gasteiger partial charge is 0.132 e. The molecule has 0 aliphatic carbocycles. The average Bonchev–Trinajstić information content (AvgIpc) is 2.32. The number of benzene rings is 1. The van der Waals surface area contributed by atoms with E-state index < -0.39 is 0 Å². The Labute approximate surface area is 99.7 Å². The normalized spacial score (nSPS) is 10.5. The molecule has 4 heteroatoms. The van der Waals surface area contributed by atoms with Gasteiger partial charge in [0.05, 0.1) is 0 Å². The van der Waals surface area contributed by atoms with E-state index in [4.69, 9.17) is 0 Å². The van der Waals surface area contributed by atoms with E-state index in [-0.39, 0.29) is 5.82 Å². The Bertz CT molecular complexity index is 482. The molecular formula is C13H14FN3. The lowest BCUT2D eigenvalue weighted by atomic mass is 10.1. The Morgan fingerprint density at radius 2 is 1.94 bits per heavy atom. The van der Waals surface area contributed by atoms with E-state index in [0.29, 0.717) is 12.2 Å². The highest BCUT2D eigenvalue weighted by Gasteiger charge is 2.01. The molecule has 0 spiro atoms. The molecule has 0 saturated heterocycles. The van der Waals surface area contributed by atoms with E-state index in [0.717, 1.165) is 17.7 Å². The third-order valence-corrected chi connectivity index (χ3v) is 2.39. The van der Waals surface area contributed by atoms with Gasteiger partial charge in [0, 0.05) is 30.9 Å². The zero-order valence-corrected chi connectivity index (χ0v) is 9.65. The molecule has 1 aromatic carbocycles. The van der Waals surface area contributed by atoms with Crippen LogP contribution < -0.4 is 5.32 Å². The summed E-state index contributed by atoms with van der Waals surface area (Å²) in [6.45, 7) is 0.750. The predicted molar refractivity (Wildman–Crippen MR) is 64.0 cm³/mol. The Morgan fingerprint density at radius 3 is 2.59 bits per heavy atom. The van der Waals surface area contributed by atoms with E-state index in [9.17, 15) is 4.39 Å². The third kappa shape index (κ3) is 3.32. The second-order valence-corrected chi connectivity index (χ2v) is 3.84. The first-order valence-electron chi connectivity index (χ1n) is 5.47. The maximum atomic E-state index is 13.0. The number of rotatable bonds is 4. The van der Waals surface area contributed by atoms with E-state index in [1.54, 1.807) is 18.5 Å². The maximum absolute atomic E-state index is 13.0. The molecule has 17 heavy (non-hydrogen) atoms. The van der Waals surface area contributed by atoms with Crippen LogP contribution in [0.5, 0.6) is 0 Å². The number of hydrogen-bond acceptors (Lipinski definition) is 3. The van der Waals surface area contributed by atoms with Crippen molar-refractivity contribution in [2.75, 3.05) is 7.05 Å². The molecule has 0 fully saturated rings. The van der Waals surface area contributed by atoms with Gasteiger partial charge in [-0.15, -0.1) is 0 Å². The highest BCUT2D eigenvalue weighted by atomic mass is 19.1. The predicted octanol–water partition coefficient (Wildman–Crippen LogP) is 1.93. The minimum absolute atomic E-state index is 0.227. The fourth-order valence-corrected chi connectivity index (χ4v) is 1.60. The van der Waals surface area contributed by atoms with Gasteiger partial charge in [0.1, 0.15) is 11.6 Å². The van der Waals surface area contributed by atoms with Crippen LogP contribution >= 0.6 is 0 Å². The molecule has 0 amide bonds. The molecule has 0 aliphatic rings. The summed E-state index contributed by atoms with van der Waals surface area (Å²) in [5, 5.41) is 3.03. The van der Waals surface area contributed by atoms with Crippen LogP contribution in [0.1, 0.15) is 17.0 Å². The Kier molecular flexibility index (Phi) is 3.77. The van der Waals surface area contributed by atoms with E-state index >= 15 is 0 Å². The van der Waals surface area contributed by atoms with Crippen molar-refractivity contribution in [3.05, 3.63) is 59.4 Å². The standard InChI is InChI=1S/C13H14FN3/c1-15-7-11-8-16-13(17-9-11)6-10-3-2-4-12(14)5-10/h2-5,8-9,15H,6-7H2,1H3. The highest BCUT2D eigenvalue weighted by Crippen LogP contribution is 2.07. The fourth-order valence-electron chi connectivity index (χ4n) is 1.60. The second kappa shape index (κ2) is 5.50. The zero-order valence-electron chi connectivity index (χ0n) is 9.65. The second-order valence-electron chi connectivity index (χ2n) is 3.84. The number of aromatic nitrogens is 2. The Morgan fingerprint density at radius 1 is 1.18 bits per heavy atom. The zero-order chi connectivity index (χ0) is 12.1. The first-order chi connectivity index (χ1) is 8.28. The first kappa shape index (κ1) is 11.7. The third-order valence-electron chi connectivity index (χ3n) is 2.39. The first-order valence-corrected chi connectivity index (χ1v) is 5.47. The average molecular weight is 231 g/mol. The number of nitrogens with zero attached hydrogens (tertiary/aromatic N) is 2. The van der Waals surface area contributed by atoms with Gasteiger partial charge in [-0.2, -0.15) is 0 Å². The molecule has 0 bridgehead atoms. The van der Waals surface area contributed by atoms with Crippen molar-refractivity contribution in [3.8, 4) is 0 Å². The summed E-state index contributed by atoms with van der Waals surface area (Å²) in [5.41, 5.74) is 1.92. The maximum Gasteiger partial charge on any atom is 0.132 e. The lowest BCUT2D eigenvalue weighted by molar-refractivity contribution is 0.625. The van der Waals surface area contributed by atoms with Crippen molar-refractivity contribution in [1.29, 1.82) is 0 Å². The highest BCUT2D eigenvalue weighted by molar-refractivity contribution is 5.20. The molecule has 0 saturated carbocycles. The van der Waals surface area contributed by atoms with Crippen LogP contribution in [0.15, 0.2) is 36.7 Å². The van der Waals surface area contributed by atoms with Gasteiger partial charge in [0.15, 0.2) is 0 Å². The van der Waals surface area contributed by atoms with Crippen molar-refractivity contribution in [1.82, 2.24) is 15.3 Å². The lowest BCUT2D eigenvalue weighted by Gasteiger charge is -2.02. The van der Waals surface area contributed by atoms with Crippen LogP contribution in [-0.4, -0.2) is 17.0 Å². The molecule has 0 aliphatic heterocycles. The van der Waals surface area contributed by atoms with Crippen LogP contribution in [0.25, 0.3) is 0 Å². The van der Waals surface area contributed by atoms with Crippen LogP contribution in [0.3, 0.4) is 0 Å². The topological polar surface area (TPSA) is 37.8 Å². The van der Waals surface area contributed by atoms with Crippen molar-refractivity contribution < 1.29 is 4.39 Å². The summed E-state index contributed by atoms with van der Waals surface area (Å²) in [6, 6.07) is 6.50. The molecule has 3 nitrogen and oxygen atoms in total. The Hall–Kier alpha value is -1.81. The summed E-state index contributed by atoms with van der Waals surface area (Å²) >= 11 is 0. The minimum atomic E-state index is -0.227. The molecule has 2 rings (SSSR count). The summed E-state index contributed by atoms with van der Waals surface area (Å²) in [4.78, 5) is 8.50. The molecular weight excluding hydrogens is 217 g/mol. The van der Waals surface area contributed by atoms with Crippen molar-refractivity contribution in [3.63, 3.8) is 0 Å². The molecule has 0 unspecified atom stereocenters. The van der Waals surface area contributed by atoms with Crippen LogP contribution in [0.4, 0.5) is 4.39 Å². The van der Waals surface area contributed by atoms with Crippen molar-refractivity contribution in [2.24, 2.45) is 0 Å². The number of nitrogens with one attached hydrogen (secondary N) is 1. The van der Waals surface area contributed by atoms with E-state index in [1.807, 2.05) is 13.1 Å². The molecule has 1 heterocycles. The molecule has 1 N–H and O–H groups in total. The van der Waals surface area contributed by atoms with Gasteiger partial charge in [-0.1, -0.05) is 12.1 Å². The number of halogens is 1. The fraction of sp³-hybridized carbons (Fsp3) is 0.231. The molecule has 88 valence electrons. The molecule has 0 radical (unpaired) electrons. The van der Waals surface area contributed by atoms with Gasteiger partial charge in [-0.25, -0.2) is 14.4 Å². The van der Waals surface area contributed by atoms with Crippen LogP contribution in [0.2, 0.25) is 0 Å². The van der Waals surface area contributed by atoms with Gasteiger partial charge < -0.3 is 5.32 Å². The van der Waals surface area contributed by atoms with Crippen molar-refractivity contribution in [2.45, 2.75) is 13.0 Å². The quantitative estimate of drug-likeness (QED) is 0.873. The summed E-state index contributed by atoms with van der Waals surface area (Å²) in [7, 11) is 1.88. The summed E-state index contributed by atoms with van der Waals surface area (Å²) < 4.78 is 13.0. The molecule has 1 aromatic heterocycles. The largest absolute Gasteiger partial charge is 0.316 e. The van der Waals surface area contributed by atoms with Gasteiger partial charge in [-0.05, 0) is 24.7 Å². The summed E-state index contributed by atoms with van der Waals surface area (Å²) in [5.74, 6) is 0.477. The lowest BCUT2D eigenvalue weighted by Crippen LogP contribution is -2.07. The monoisotopic (exact) mass is 231 g/mol. The van der Waals surface area contributed by atoms with Gasteiger partial charge in [0.25, 0.3) is 0 Å². The van der Waals surface area contributed by atoms with Gasteiger partial charge in [-0.3, -0.25) is 0 Å². The Balaban J connectivity index is 2.08. The van der Waals surface area contributed by atoms with Gasteiger partial charge >= 0.3 is 0 Å². The number of hydrogen-bond donors (Lipinski definition) is 1. The summed E-state index contributed by atoms with van der Waals surface area (Å²) in [6.07, 6.45) is 4.13. The van der Waals surface area contributed by atoms with Crippen LogP contribution in [0, 0.1) is 5.82 Å². The van der Waals surface area contributed by atoms with E-state index in [1.165, 1.54) is 12.1 Å². The van der Waals surface area contributed by atoms with E-state index in [2.05, 4.69) is 15.3 Å². The SMILES string of the molecule is CNCc1cnc(Cc2cccc(F)c2)nc1. The molecule has 2 aromatic rings. The minimum Gasteiger partial charge on any atom is -0.316 e. The van der Waals surface area contributed by atoms with Crippen molar-refractivity contribution >= 4 is 0 Å².